The number of benzene rings is 2. The Morgan fingerprint density at radius 1 is 1.16 bits per heavy atom. The monoisotopic (exact) mass is 525 g/mol. The smallest absolute Gasteiger partial charge is 0.260 e. The zero-order chi connectivity index (χ0) is 22.1. The summed E-state index contributed by atoms with van der Waals surface area (Å²) in [6.07, 6.45) is 4.70. The molecule has 1 aliphatic carbocycles. The third-order valence-corrected chi connectivity index (χ3v) is 8.01. The van der Waals surface area contributed by atoms with Gasteiger partial charge in [0.2, 0.25) is 5.91 Å². The number of amides is 1. The number of rotatable bonds is 5. The van der Waals surface area contributed by atoms with Gasteiger partial charge in [0.25, 0.3) is 5.56 Å². The number of hydrogen-bond donors (Lipinski definition) is 2. The highest BCUT2D eigenvalue weighted by atomic mass is 79.9. The van der Waals surface area contributed by atoms with Crippen molar-refractivity contribution in [1.82, 2.24) is 9.97 Å². The molecule has 2 aromatic carbocycles. The van der Waals surface area contributed by atoms with Crippen molar-refractivity contribution in [3.8, 4) is 11.1 Å². The maximum Gasteiger partial charge on any atom is 0.260 e. The maximum absolute atomic E-state index is 12.9. The van der Waals surface area contributed by atoms with Crippen molar-refractivity contribution in [2.75, 3.05) is 11.1 Å². The van der Waals surface area contributed by atoms with Crippen molar-refractivity contribution < 1.29 is 4.79 Å². The van der Waals surface area contributed by atoms with E-state index in [0.29, 0.717) is 21.1 Å². The van der Waals surface area contributed by atoms with Crippen LogP contribution in [-0.4, -0.2) is 21.6 Å². The average molecular weight is 526 g/mol. The lowest BCUT2D eigenvalue weighted by Gasteiger charge is -2.16. The quantitative estimate of drug-likeness (QED) is 0.246. The second-order valence-corrected chi connectivity index (χ2v) is 10.4. The highest BCUT2D eigenvalue weighted by molar-refractivity contribution is 9.10. The van der Waals surface area contributed by atoms with Crippen LogP contribution in [0.25, 0.3) is 21.3 Å². The van der Waals surface area contributed by atoms with Gasteiger partial charge < -0.3 is 10.3 Å². The van der Waals surface area contributed by atoms with Crippen LogP contribution in [0.2, 0.25) is 0 Å². The number of para-hydroxylation sites is 1. The molecule has 0 saturated carbocycles. The lowest BCUT2D eigenvalue weighted by molar-refractivity contribution is -0.113. The van der Waals surface area contributed by atoms with E-state index in [9.17, 15) is 9.59 Å². The molecule has 0 fully saturated rings. The molecule has 0 bridgehead atoms. The van der Waals surface area contributed by atoms with Crippen LogP contribution in [0.15, 0.2) is 62.3 Å². The van der Waals surface area contributed by atoms with E-state index in [-0.39, 0.29) is 17.2 Å². The number of thioether (sulfide) groups is 1. The molecule has 0 saturated heterocycles. The standard InChI is InChI=1S/C24H20BrN3O2S2/c25-18-7-3-4-8-19(18)26-20(29)13-32-24-27-22(30)21-17(12-31-23(21)28-24)16-10-9-14-5-1-2-6-15(14)11-16/h3-4,7-12H,1-2,5-6,13H2,(H,26,29)(H,27,28,30). The molecular weight excluding hydrogens is 506 g/mol. The molecule has 2 aromatic heterocycles. The van der Waals surface area contributed by atoms with E-state index in [4.69, 9.17) is 0 Å². The molecule has 0 aliphatic heterocycles. The first-order valence-corrected chi connectivity index (χ1v) is 13.1. The number of aromatic amines is 1. The van der Waals surface area contributed by atoms with E-state index in [1.54, 1.807) is 0 Å². The second-order valence-electron chi connectivity index (χ2n) is 7.71. The van der Waals surface area contributed by atoms with E-state index >= 15 is 0 Å². The van der Waals surface area contributed by atoms with Crippen molar-refractivity contribution >= 4 is 60.8 Å². The van der Waals surface area contributed by atoms with Crippen LogP contribution in [0, 0.1) is 0 Å². The van der Waals surface area contributed by atoms with Crippen LogP contribution in [0.4, 0.5) is 5.69 Å². The summed E-state index contributed by atoms with van der Waals surface area (Å²) in [5.41, 5.74) is 5.35. The first-order chi connectivity index (χ1) is 15.6. The molecule has 2 N–H and O–H groups in total. The molecule has 5 nitrogen and oxygen atoms in total. The van der Waals surface area contributed by atoms with Crippen LogP contribution >= 0.6 is 39.0 Å². The molecule has 1 amide bonds. The molecule has 8 heteroatoms. The Labute approximate surface area is 201 Å². The molecule has 1 aliphatic rings. The summed E-state index contributed by atoms with van der Waals surface area (Å²) in [6.45, 7) is 0. The predicted octanol–water partition coefficient (Wildman–Crippen LogP) is 6.02. The van der Waals surface area contributed by atoms with Gasteiger partial charge in [0.1, 0.15) is 4.83 Å². The van der Waals surface area contributed by atoms with Gasteiger partial charge in [0.15, 0.2) is 5.16 Å². The number of nitrogens with zero attached hydrogens (tertiary/aromatic N) is 1. The van der Waals surface area contributed by atoms with Crippen molar-refractivity contribution in [1.29, 1.82) is 0 Å². The van der Waals surface area contributed by atoms with Gasteiger partial charge >= 0.3 is 0 Å². The van der Waals surface area contributed by atoms with E-state index in [0.717, 1.165) is 28.4 Å². The van der Waals surface area contributed by atoms with E-state index in [2.05, 4.69) is 49.4 Å². The third-order valence-electron chi connectivity index (χ3n) is 5.57. The largest absolute Gasteiger partial charge is 0.324 e. The summed E-state index contributed by atoms with van der Waals surface area (Å²) >= 11 is 6.10. The summed E-state index contributed by atoms with van der Waals surface area (Å²) < 4.78 is 0.819. The average Bonchev–Trinajstić information content (AvgIpc) is 3.24. The summed E-state index contributed by atoms with van der Waals surface area (Å²) in [7, 11) is 0. The van der Waals surface area contributed by atoms with E-state index in [1.165, 1.54) is 47.1 Å². The minimum absolute atomic E-state index is 0.152. The Kier molecular flexibility index (Phi) is 6.17. The van der Waals surface area contributed by atoms with Gasteiger partial charge in [-0.15, -0.1) is 11.3 Å². The van der Waals surface area contributed by atoms with Crippen LogP contribution in [-0.2, 0) is 17.6 Å². The number of fused-ring (bicyclic) bond motifs is 2. The molecule has 0 radical (unpaired) electrons. The molecule has 162 valence electrons. The summed E-state index contributed by atoms with van der Waals surface area (Å²) in [5, 5.41) is 5.93. The van der Waals surface area contributed by atoms with Gasteiger partial charge in [0.05, 0.1) is 16.8 Å². The maximum atomic E-state index is 12.9. The zero-order valence-corrected chi connectivity index (χ0v) is 20.3. The minimum Gasteiger partial charge on any atom is -0.324 e. The van der Waals surface area contributed by atoms with E-state index < -0.39 is 0 Å². The fraction of sp³-hybridized carbons (Fsp3) is 0.208. The third kappa shape index (κ3) is 4.40. The number of carbonyl (C=O) groups is 1. The van der Waals surface area contributed by atoms with Gasteiger partial charge in [-0.2, -0.15) is 0 Å². The molecule has 5 rings (SSSR count). The van der Waals surface area contributed by atoms with Crippen molar-refractivity contribution in [2.45, 2.75) is 30.8 Å². The summed E-state index contributed by atoms with van der Waals surface area (Å²) in [4.78, 5) is 33.4. The zero-order valence-electron chi connectivity index (χ0n) is 17.1. The topological polar surface area (TPSA) is 74.8 Å². The van der Waals surface area contributed by atoms with Crippen LogP contribution in [0.1, 0.15) is 24.0 Å². The number of H-pyrrole nitrogens is 1. The molecular formula is C24H20BrN3O2S2. The Hall–Kier alpha value is -2.42. The molecule has 0 spiro atoms. The lowest BCUT2D eigenvalue weighted by Crippen LogP contribution is -2.15. The number of halogens is 1. The Morgan fingerprint density at radius 3 is 2.81 bits per heavy atom. The first kappa shape index (κ1) is 21.4. The SMILES string of the molecule is O=C(CSc1nc2scc(-c3ccc4c(c3)CCCC4)c2c(=O)[nH]1)Nc1ccccc1Br. The van der Waals surface area contributed by atoms with Gasteiger partial charge in [-0.3, -0.25) is 9.59 Å². The number of aromatic nitrogens is 2. The minimum atomic E-state index is -0.169. The summed E-state index contributed by atoms with van der Waals surface area (Å²) in [5.74, 6) is -0.00988. The van der Waals surface area contributed by atoms with E-state index in [1.807, 2.05) is 29.6 Å². The number of aryl methyl sites for hydroxylation is 2. The molecule has 2 heterocycles. The Morgan fingerprint density at radius 2 is 1.97 bits per heavy atom. The molecule has 4 aromatic rings. The lowest BCUT2D eigenvalue weighted by atomic mass is 9.89. The normalized spacial score (nSPS) is 13.2. The van der Waals surface area contributed by atoms with Crippen molar-refractivity contribution in [3.63, 3.8) is 0 Å². The highest BCUT2D eigenvalue weighted by Gasteiger charge is 2.16. The molecule has 0 atom stereocenters. The fourth-order valence-electron chi connectivity index (χ4n) is 3.99. The fourth-order valence-corrected chi connectivity index (χ4v) is 6.04. The number of nitrogens with one attached hydrogen (secondary N) is 2. The Balaban J connectivity index is 1.35. The predicted molar refractivity (Wildman–Crippen MR) is 136 cm³/mol. The number of carbonyl (C=O) groups excluding carboxylic acids is 1. The van der Waals surface area contributed by atoms with Crippen LogP contribution in [0.5, 0.6) is 0 Å². The highest BCUT2D eigenvalue weighted by Crippen LogP contribution is 2.34. The van der Waals surface area contributed by atoms with Gasteiger partial charge in [-0.25, -0.2) is 4.98 Å². The van der Waals surface area contributed by atoms with Crippen molar-refractivity contribution in [3.05, 3.63) is 73.8 Å². The van der Waals surface area contributed by atoms with Crippen LogP contribution in [0.3, 0.4) is 0 Å². The van der Waals surface area contributed by atoms with Gasteiger partial charge in [-0.1, -0.05) is 42.1 Å². The number of thiophene rings is 1. The Bertz CT molecular complexity index is 1380. The molecule has 32 heavy (non-hydrogen) atoms. The van der Waals surface area contributed by atoms with Crippen LogP contribution < -0.4 is 10.9 Å². The molecule has 0 unspecified atom stereocenters. The van der Waals surface area contributed by atoms with Gasteiger partial charge in [0, 0.05) is 15.4 Å². The number of anilines is 1. The van der Waals surface area contributed by atoms with Gasteiger partial charge in [-0.05, 0) is 70.4 Å². The second kappa shape index (κ2) is 9.21. The summed E-state index contributed by atoms with van der Waals surface area (Å²) in [6, 6.07) is 14.0. The number of hydrogen-bond acceptors (Lipinski definition) is 5. The van der Waals surface area contributed by atoms with Crippen molar-refractivity contribution in [2.24, 2.45) is 0 Å². The first-order valence-electron chi connectivity index (χ1n) is 10.4.